The molecular formula is C6H12S. The second-order valence-corrected chi connectivity index (χ2v) is 5.12. The molecule has 0 saturated carbocycles. The molecule has 0 rings (SSSR count). The van der Waals surface area contributed by atoms with Gasteiger partial charge in [0.05, 0.1) is 0 Å². The highest BCUT2D eigenvalue weighted by Crippen LogP contribution is 2.09. The molecule has 0 amide bonds. The third kappa shape index (κ3) is 2.55. The molecule has 0 aliphatic rings. The van der Waals surface area contributed by atoms with Crippen molar-refractivity contribution in [3.8, 4) is 0 Å². The Morgan fingerprint density at radius 2 is 2.14 bits per heavy atom. The Bertz CT molecular complexity index is 165. The third-order valence-electron chi connectivity index (χ3n) is 0.986. The normalized spacial score (nSPS) is 17.4. The molecule has 0 N–H and O–H groups in total. The average molecular weight is 116 g/mol. The van der Waals surface area contributed by atoms with Crippen LogP contribution >= 0.6 is 9.21 Å². The average Bonchev–Trinajstić information content (AvgIpc) is 1.68. The Morgan fingerprint density at radius 3 is 2.14 bits per heavy atom. The van der Waals surface area contributed by atoms with Crippen molar-refractivity contribution in [2.24, 2.45) is 0 Å². The fourth-order valence-corrected chi connectivity index (χ4v) is 0.306. The maximum Gasteiger partial charge on any atom is -0.0131 e. The van der Waals surface area contributed by atoms with Crippen molar-refractivity contribution < 1.29 is 0 Å². The van der Waals surface area contributed by atoms with Crippen LogP contribution in [-0.2, 0) is 0 Å². The zero-order valence-corrected chi connectivity index (χ0v) is 5.85. The summed E-state index contributed by atoms with van der Waals surface area (Å²) in [6.07, 6.45) is 2.10. The van der Waals surface area contributed by atoms with Gasteiger partial charge < -0.3 is 0 Å². The summed E-state index contributed by atoms with van der Waals surface area (Å²) < 4.78 is 0. The highest BCUT2D eigenvalue weighted by atomic mass is 32.2. The van der Waals surface area contributed by atoms with Gasteiger partial charge in [-0.05, 0) is 12.0 Å². The number of hydrogen-bond acceptors (Lipinski definition) is 0. The zero-order valence-electron chi connectivity index (χ0n) is 5.03. The first-order valence-electron chi connectivity index (χ1n) is 2.25. The van der Waals surface area contributed by atoms with Crippen LogP contribution in [-0.4, -0.2) is 22.9 Å². The van der Waals surface area contributed by atoms with E-state index < -0.39 is 9.21 Å². The van der Waals surface area contributed by atoms with E-state index >= 15 is 0 Å². The lowest BCUT2D eigenvalue weighted by Gasteiger charge is -1.96. The predicted octanol–water partition coefficient (Wildman–Crippen LogP) is 1.46. The molecule has 0 aromatic rings. The minimum atomic E-state index is -0.769. The van der Waals surface area contributed by atoms with Gasteiger partial charge in [0.2, 0.25) is 0 Å². The molecule has 7 heavy (non-hydrogen) atoms. The fraction of sp³-hybridized carbons (Fsp3) is 0.500. The van der Waals surface area contributed by atoms with E-state index in [2.05, 4.69) is 30.7 Å². The molecule has 0 aliphatic carbocycles. The lowest BCUT2D eigenvalue weighted by molar-refractivity contribution is 1.53. The van der Waals surface area contributed by atoms with E-state index in [4.69, 9.17) is 0 Å². The van der Waals surface area contributed by atoms with E-state index in [0.717, 1.165) is 5.75 Å². The van der Waals surface area contributed by atoms with Crippen LogP contribution in [0, 0.1) is 0 Å². The van der Waals surface area contributed by atoms with Gasteiger partial charge in [-0.2, -0.15) is 9.21 Å². The Morgan fingerprint density at radius 1 is 1.71 bits per heavy atom. The van der Waals surface area contributed by atoms with Crippen LogP contribution in [0.1, 0.15) is 6.92 Å². The van der Waals surface area contributed by atoms with E-state index in [1.165, 1.54) is 0 Å². The minimum absolute atomic E-state index is 0.769. The molecule has 0 nitrogen and oxygen atoms in total. The van der Waals surface area contributed by atoms with Crippen molar-refractivity contribution in [1.29, 1.82) is 0 Å². The molecule has 42 valence electrons. The van der Waals surface area contributed by atoms with Crippen LogP contribution in [0.2, 0.25) is 0 Å². The summed E-state index contributed by atoms with van der Waals surface area (Å²) in [6, 6.07) is 0. The molecule has 0 heterocycles. The van der Waals surface area contributed by atoms with Crippen molar-refractivity contribution in [3.63, 3.8) is 0 Å². The first kappa shape index (κ1) is 6.87. The van der Waals surface area contributed by atoms with Gasteiger partial charge in [-0.1, -0.05) is 19.4 Å². The molecule has 0 saturated heterocycles. The van der Waals surface area contributed by atoms with E-state index in [1.54, 1.807) is 0 Å². The number of hydrogen-bond donors (Lipinski definition) is 0. The highest BCUT2D eigenvalue weighted by molar-refractivity contribution is 8.27. The van der Waals surface area contributed by atoms with Gasteiger partial charge in [0.1, 0.15) is 0 Å². The minimum Gasteiger partial charge on any atom is -0.175 e. The summed E-state index contributed by atoms with van der Waals surface area (Å²) in [5.74, 6) is 5.01. The lowest BCUT2D eigenvalue weighted by Crippen LogP contribution is -1.74. The number of rotatable bonds is 1. The summed E-state index contributed by atoms with van der Waals surface area (Å²) in [7, 11) is -0.769. The van der Waals surface area contributed by atoms with E-state index in [1.807, 2.05) is 0 Å². The van der Waals surface area contributed by atoms with Gasteiger partial charge in [0, 0.05) is 0 Å². The Labute approximate surface area is 46.3 Å². The van der Waals surface area contributed by atoms with Crippen molar-refractivity contribution in [1.82, 2.24) is 0 Å². The molecule has 1 atom stereocenters. The van der Waals surface area contributed by atoms with Crippen LogP contribution < -0.4 is 0 Å². The van der Waals surface area contributed by atoms with Crippen molar-refractivity contribution in [3.05, 3.63) is 6.58 Å². The molecule has 0 bridgehead atoms. The van der Waals surface area contributed by atoms with Gasteiger partial charge in [0.25, 0.3) is 0 Å². The molecule has 1 heteroatoms. The zero-order chi connectivity index (χ0) is 5.91. The topological polar surface area (TPSA) is 0 Å². The molecule has 0 radical (unpaired) electrons. The van der Waals surface area contributed by atoms with Crippen molar-refractivity contribution in [2.75, 3.05) is 12.0 Å². The van der Waals surface area contributed by atoms with Crippen molar-refractivity contribution >= 4 is 20.1 Å². The maximum absolute atomic E-state index is 3.92. The van der Waals surface area contributed by atoms with Gasteiger partial charge in [0.15, 0.2) is 0 Å². The molecule has 0 aromatic carbocycles. The van der Waals surface area contributed by atoms with E-state index in [-0.39, 0.29) is 0 Å². The monoisotopic (exact) mass is 116 g/mol. The lowest BCUT2D eigenvalue weighted by atomic mass is 11.0. The second-order valence-electron chi connectivity index (χ2n) is 1.71. The Kier molecular flexibility index (Phi) is 2.21. The van der Waals surface area contributed by atoms with Crippen LogP contribution in [0.5, 0.6) is 0 Å². The summed E-state index contributed by atoms with van der Waals surface area (Å²) >= 11 is 0. The van der Waals surface area contributed by atoms with E-state index in [0.29, 0.717) is 0 Å². The van der Waals surface area contributed by atoms with Gasteiger partial charge in [-0.3, -0.25) is 0 Å². The van der Waals surface area contributed by atoms with Crippen LogP contribution in [0.4, 0.5) is 0 Å². The molecular weight excluding hydrogens is 104 g/mol. The molecule has 0 fully saturated rings. The van der Waals surface area contributed by atoms with Crippen LogP contribution in [0.3, 0.4) is 0 Å². The summed E-state index contributed by atoms with van der Waals surface area (Å²) in [5.41, 5.74) is 0. The third-order valence-corrected chi connectivity index (χ3v) is 2.96. The van der Waals surface area contributed by atoms with Gasteiger partial charge >= 0.3 is 0 Å². The van der Waals surface area contributed by atoms with Gasteiger partial charge in [-0.25, -0.2) is 0 Å². The Balaban J connectivity index is 4.52. The molecule has 0 aromatic heterocycles. The second kappa shape index (κ2) is 2.25. The maximum atomic E-state index is 3.92. The molecule has 0 spiro atoms. The summed E-state index contributed by atoms with van der Waals surface area (Å²) in [5, 5.41) is 2.91. The largest absolute Gasteiger partial charge is 0.175 e. The molecule has 0 aliphatic heterocycles. The summed E-state index contributed by atoms with van der Waals surface area (Å²) in [6.45, 7) is 5.66. The smallest absolute Gasteiger partial charge is 0.0131 e. The first-order valence-corrected chi connectivity index (χ1v) is 4.63. The van der Waals surface area contributed by atoms with Crippen LogP contribution in [0.25, 0.3) is 0 Å². The molecule has 1 unspecified atom stereocenters. The fourth-order valence-electron chi connectivity index (χ4n) is 0.102. The van der Waals surface area contributed by atoms with Crippen molar-refractivity contribution in [2.45, 2.75) is 6.92 Å². The highest BCUT2D eigenvalue weighted by Gasteiger charge is 1.78. The Hall–Kier alpha value is -0.130. The van der Waals surface area contributed by atoms with Gasteiger partial charge in [-0.15, -0.1) is 5.02 Å². The van der Waals surface area contributed by atoms with E-state index in [9.17, 15) is 0 Å². The first-order chi connectivity index (χ1) is 3.12. The standard InChI is InChI=1S/C6H12S/c1-5-7(3,4)6-2/h1,3,6H2,2,4H3. The summed E-state index contributed by atoms with van der Waals surface area (Å²) in [4.78, 5) is 0. The quantitative estimate of drug-likeness (QED) is 0.455. The van der Waals surface area contributed by atoms with Crippen LogP contribution in [0.15, 0.2) is 6.58 Å². The predicted molar refractivity (Wildman–Crippen MR) is 41.8 cm³/mol. The SMILES string of the molecule is C=C=S(=C)(C)CC.